The van der Waals surface area contributed by atoms with Gasteiger partial charge in [0.15, 0.2) is 0 Å². The van der Waals surface area contributed by atoms with Crippen LogP contribution in [-0.4, -0.2) is 40.9 Å². The van der Waals surface area contributed by atoms with Crippen molar-refractivity contribution >= 4 is 29.2 Å². The molecular formula is C4H8MgO3. The second kappa shape index (κ2) is 6.78. The van der Waals surface area contributed by atoms with Crippen LogP contribution in [0.2, 0.25) is 0 Å². The van der Waals surface area contributed by atoms with Crippen LogP contribution in [0.15, 0.2) is 12.7 Å². The monoisotopic (exact) mass is 128 g/mol. The molecule has 8 heavy (non-hydrogen) atoms. The van der Waals surface area contributed by atoms with Gasteiger partial charge in [0.2, 0.25) is 0 Å². The Bertz CT molecular complexity index is 88.6. The summed E-state index contributed by atoms with van der Waals surface area (Å²) in [5.74, 6) is 0. The molecule has 1 N–H and O–H groups in total. The maximum absolute atomic E-state index is 9.49. The van der Waals surface area contributed by atoms with E-state index in [1.54, 1.807) is 0 Å². The second-order valence-corrected chi connectivity index (χ2v) is 0.866. The summed E-state index contributed by atoms with van der Waals surface area (Å²) >= 11 is 0. The van der Waals surface area contributed by atoms with Gasteiger partial charge >= 0.3 is 29.2 Å². The van der Waals surface area contributed by atoms with Gasteiger partial charge < -0.3 is 12.7 Å². The molecular weight excluding hydrogens is 120 g/mol. The van der Waals surface area contributed by atoms with Crippen molar-refractivity contribution in [2.24, 2.45) is 0 Å². The van der Waals surface area contributed by atoms with Gasteiger partial charge in [-0.3, -0.25) is 0 Å². The predicted octanol–water partition coefficient (Wildman–Crippen LogP) is 0.711. The fourth-order valence-electron chi connectivity index (χ4n) is 0.130. The van der Waals surface area contributed by atoms with E-state index in [-0.39, 0.29) is 32.5 Å². The standard InChI is InChI=1S/C4H6O3.Mg.2H/c1-2-3-7-4(5)6;;;/h2H,1,3H2,(H,5,6);;;/q;+2;2*-1. The van der Waals surface area contributed by atoms with Crippen LogP contribution in [0.4, 0.5) is 4.79 Å². The number of hydrogen-bond donors (Lipinski definition) is 1. The first-order valence-corrected chi connectivity index (χ1v) is 1.74. The van der Waals surface area contributed by atoms with Gasteiger partial charge in [0.1, 0.15) is 6.61 Å². The Hall–Kier alpha value is -0.224. The van der Waals surface area contributed by atoms with E-state index in [0.717, 1.165) is 0 Å². The zero-order valence-electron chi connectivity index (χ0n) is 6.46. The first-order chi connectivity index (χ1) is 3.27. The van der Waals surface area contributed by atoms with Crippen molar-refractivity contribution < 1.29 is 17.5 Å². The minimum Gasteiger partial charge on any atom is -1.00 e. The van der Waals surface area contributed by atoms with Crippen LogP contribution in [0.5, 0.6) is 0 Å². The van der Waals surface area contributed by atoms with E-state index in [4.69, 9.17) is 5.11 Å². The molecule has 4 heteroatoms. The Labute approximate surface area is 66.5 Å². The maximum atomic E-state index is 9.49. The smallest absolute Gasteiger partial charge is 1.00 e. The fourth-order valence-corrected chi connectivity index (χ4v) is 0.130. The average molecular weight is 128 g/mol. The number of hydrogen-bond acceptors (Lipinski definition) is 2. The summed E-state index contributed by atoms with van der Waals surface area (Å²) in [6, 6.07) is 0. The Morgan fingerprint density at radius 2 is 2.50 bits per heavy atom. The molecule has 0 atom stereocenters. The van der Waals surface area contributed by atoms with Gasteiger partial charge in [-0.25, -0.2) is 4.79 Å². The molecule has 0 aromatic rings. The molecule has 3 nitrogen and oxygen atoms in total. The molecule has 0 bridgehead atoms. The molecule has 0 unspecified atom stereocenters. The largest absolute Gasteiger partial charge is 2.00 e. The van der Waals surface area contributed by atoms with Crippen molar-refractivity contribution in [3.63, 3.8) is 0 Å². The topological polar surface area (TPSA) is 46.5 Å². The summed E-state index contributed by atoms with van der Waals surface area (Å²) in [5, 5.41) is 7.77. The molecule has 0 aromatic carbocycles. The molecule has 0 aliphatic carbocycles. The van der Waals surface area contributed by atoms with Gasteiger partial charge in [-0.15, -0.1) is 0 Å². The third kappa shape index (κ3) is 9.24. The van der Waals surface area contributed by atoms with E-state index in [1.807, 2.05) is 0 Å². The molecule has 0 spiro atoms. The number of ether oxygens (including phenoxy) is 1. The van der Waals surface area contributed by atoms with E-state index in [1.165, 1.54) is 6.08 Å². The number of carbonyl (C=O) groups is 1. The van der Waals surface area contributed by atoms with Crippen LogP contribution in [0.25, 0.3) is 0 Å². The van der Waals surface area contributed by atoms with Crippen LogP contribution in [0.3, 0.4) is 0 Å². The van der Waals surface area contributed by atoms with Gasteiger partial charge in [0, 0.05) is 0 Å². The van der Waals surface area contributed by atoms with Gasteiger partial charge in [-0.05, 0) is 0 Å². The first-order valence-electron chi connectivity index (χ1n) is 1.74. The molecule has 0 radical (unpaired) electrons. The Morgan fingerprint density at radius 3 is 2.62 bits per heavy atom. The van der Waals surface area contributed by atoms with Crippen LogP contribution < -0.4 is 0 Å². The van der Waals surface area contributed by atoms with Crippen molar-refractivity contribution in [1.29, 1.82) is 0 Å². The summed E-state index contributed by atoms with van der Waals surface area (Å²) in [7, 11) is 0. The quantitative estimate of drug-likeness (QED) is 0.338. The molecule has 0 amide bonds. The average Bonchev–Trinajstić information content (AvgIpc) is 1.61. The Morgan fingerprint density at radius 1 is 2.00 bits per heavy atom. The second-order valence-electron chi connectivity index (χ2n) is 0.866. The maximum Gasteiger partial charge on any atom is 2.00 e. The number of rotatable bonds is 2. The predicted molar refractivity (Wildman–Crippen MR) is 32.2 cm³/mol. The van der Waals surface area contributed by atoms with Crippen molar-refractivity contribution in [2.45, 2.75) is 0 Å². The van der Waals surface area contributed by atoms with E-state index in [9.17, 15) is 4.79 Å². The minimum atomic E-state index is -1.26. The van der Waals surface area contributed by atoms with E-state index in [0.29, 0.717) is 0 Å². The van der Waals surface area contributed by atoms with Gasteiger partial charge in [-0.2, -0.15) is 0 Å². The summed E-state index contributed by atoms with van der Waals surface area (Å²) in [4.78, 5) is 9.49. The fraction of sp³-hybridized carbons (Fsp3) is 0.250. The van der Waals surface area contributed by atoms with Crippen LogP contribution in [0, 0.1) is 0 Å². The zero-order chi connectivity index (χ0) is 5.70. The molecule has 44 valence electrons. The molecule has 0 rings (SSSR count). The summed E-state index contributed by atoms with van der Waals surface area (Å²) in [6.45, 7) is 3.31. The van der Waals surface area contributed by atoms with Gasteiger partial charge in [0.05, 0.1) is 0 Å². The van der Waals surface area contributed by atoms with Crippen LogP contribution in [0.1, 0.15) is 2.85 Å². The molecule has 0 heterocycles. The van der Waals surface area contributed by atoms with E-state index >= 15 is 0 Å². The first kappa shape index (κ1) is 10.7. The van der Waals surface area contributed by atoms with Gasteiger partial charge in [-0.1, -0.05) is 12.7 Å². The Kier molecular flexibility index (Phi) is 9.06. The summed E-state index contributed by atoms with van der Waals surface area (Å²) < 4.78 is 3.99. The summed E-state index contributed by atoms with van der Waals surface area (Å²) in [6.07, 6.45) is 0.105. The molecule has 0 aliphatic rings. The van der Waals surface area contributed by atoms with Crippen molar-refractivity contribution in [3.8, 4) is 0 Å². The molecule has 0 fully saturated rings. The van der Waals surface area contributed by atoms with Crippen LogP contribution >= 0.6 is 0 Å². The SMILES string of the molecule is C=CCOC(=O)O.[H-].[H-].[Mg+2]. The van der Waals surface area contributed by atoms with Crippen LogP contribution in [-0.2, 0) is 4.74 Å². The summed E-state index contributed by atoms with van der Waals surface area (Å²) in [5.41, 5.74) is 0. The van der Waals surface area contributed by atoms with Crippen molar-refractivity contribution in [2.75, 3.05) is 6.61 Å². The van der Waals surface area contributed by atoms with Crippen molar-refractivity contribution in [1.82, 2.24) is 0 Å². The van der Waals surface area contributed by atoms with E-state index in [2.05, 4.69) is 11.3 Å². The number of carboxylic acid groups (broad SMARTS) is 1. The van der Waals surface area contributed by atoms with Crippen molar-refractivity contribution in [3.05, 3.63) is 12.7 Å². The molecule has 0 saturated carbocycles. The van der Waals surface area contributed by atoms with E-state index < -0.39 is 6.16 Å². The molecule has 0 saturated heterocycles. The normalized spacial score (nSPS) is 6.50. The third-order valence-electron chi connectivity index (χ3n) is 0.325. The molecule has 0 aromatic heterocycles. The zero-order valence-corrected chi connectivity index (χ0v) is 5.88. The Balaban J connectivity index is -0.0000000600. The van der Waals surface area contributed by atoms with Gasteiger partial charge in [0.25, 0.3) is 0 Å². The molecule has 0 aliphatic heterocycles. The third-order valence-corrected chi connectivity index (χ3v) is 0.325. The minimum absolute atomic E-state index is 0.